The number of rotatable bonds is 7. The molecule has 0 aromatic heterocycles. The van der Waals surface area contributed by atoms with Crippen molar-refractivity contribution in [2.75, 3.05) is 25.0 Å². The van der Waals surface area contributed by atoms with Crippen LogP contribution in [-0.4, -0.2) is 34.0 Å². The molecular weight excluding hydrogens is 470 g/mol. The lowest BCUT2D eigenvalue weighted by Gasteiger charge is -2.22. The Morgan fingerprint density at radius 1 is 1.09 bits per heavy atom. The van der Waals surface area contributed by atoms with E-state index >= 15 is 0 Å². The lowest BCUT2D eigenvalue weighted by molar-refractivity contribution is -0.117. The second kappa shape index (κ2) is 9.66. The van der Waals surface area contributed by atoms with Gasteiger partial charge in [-0.25, -0.2) is 13.1 Å². The molecule has 1 saturated carbocycles. The van der Waals surface area contributed by atoms with Gasteiger partial charge in [-0.15, -0.1) is 0 Å². The molecule has 2 fully saturated rings. The highest BCUT2D eigenvalue weighted by Crippen LogP contribution is 2.48. The molecule has 3 aromatic rings. The normalized spacial score (nSPS) is 22.4. The van der Waals surface area contributed by atoms with Gasteiger partial charge in [-0.3, -0.25) is 4.79 Å². The van der Waals surface area contributed by atoms with E-state index in [1.165, 1.54) is 0 Å². The minimum Gasteiger partial charge on any atom is -0.326 e. The standard InChI is InChI=1S/C26H28ClN3O3S/c27-25-8-2-5-18-9-10-20(13-23(18)25)30-26(31)24-14-22(24)19-6-1-7-21(12-19)34(32,33)29-16-17-4-3-11-28-15-17/h1-2,5-10,12-13,17,22,24,28-29H,3-4,11,14-16H2,(H,30,31)/t17-,22-,24+/m0/s1. The van der Waals surface area contributed by atoms with Gasteiger partial charge in [0.2, 0.25) is 15.9 Å². The van der Waals surface area contributed by atoms with Crippen molar-refractivity contribution in [1.82, 2.24) is 10.0 Å². The zero-order chi connectivity index (χ0) is 23.7. The molecule has 3 N–H and O–H groups in total. The van der Waals surface area contributed by atoms with Crippen molar-refractivity contribution in [3.8, 4) is 0 Å². The van der Waals surface area contributed by atoms with Crippen LogP contribution in [0.1, 0.15) is 30.7 Å². The van der Waals surface area contributed by atoms with Crippen molar-refractivity contribution in [3.05, 3.63) is 71.2 Å². The SMILES string of the molecule is O=C(Nc1ccc2cccc(Cl)c2c1)[C@@H]1C[C@H]1c1cccc(S(=O)(=O)NC[C@H]2CCCNC2)c1. The molecule has 1 aliphatic carbocycles. The number of nitrogens with one attached hydrogen (secondary N) is 3. The van der Waals surface area contributed by atoms with Gasteiger partial charge in [0.1, 0.15) is 0 Å². The largest absolute Gasteiger partial charge is 0.326 e. The average Bonchev–Trinajstić information content (AvgIpc) is 3.66. The fourth-order valence-electron chi connectivity index (χ4n) is 4.72. The van der Waals surface area contributed by atoms with Crippen molar-refractivity contribution < 1.29 is 13.2 Å². The van der Waals surface area contributed by atoms with Crippen LogP contribution in [0.5, 0.6) is 0 Å². The summed E-state index contributed by atoms with van der Waals surface area (Å²) in [5.41, 5.74) is 1.58. The summed E-state index contributed by atoms with van der Waals surface area (Å²) in [6, 6.07) is 18.4. The summed E-state index contributed by atoms with van der Waals surface area (Å²) in [7, 11) is -3.59. The summed E-state index contributed by atoms with van der Waals surface area (Å²) in [6.45, 7) is 2.27. The molecule has 8 heteroatoms. The van der Waals surface area contributed by atoms with Gasteiger partial charge < -0.3 is 10.6 Å². The van der Waals surface area contributed by atoms with Crippen LogP contribution in [0.4, 0.5) is 5.69 Å². The van der Waals surface area contributed by atoms with Gasteiger partial charge in [-0.1, -0.05) is 41.9 Å². The number of fused-ring (bicyclic) bond motifs is 1. The Morgan fingerprint density at radius 3 is 2.76 bits per heavy atom. The maximum Gasteiger partial charge on any atom is 0.240 e. The first-order chi connectivity index (χ1) is 16.4. The molecule has 0 radical (unpaired) electrons. The minimum absolute atomic E-state index is 0.0155. The van der Waals surface area contributed by atoms with E-state index < -0.39 is 10.0 Å². The van der Waals surface area contributed by atoms with E-state index in [-0.39, 0.29) is 22.6 Å². The molecule has 3 aromatic carbocycles. The van der Waals surface area contributed by atoms with E-state index in [1.54, 1.807) is 18.2 Å². The monoisotopic (exact) mass is 497 g/mol. The van der Waals surface area contributed by atoms with Crippen molar-refractivity contribution >= 4 is 44.0 Å². The van der Waals surface area contributed by atoms with Gasteiger partial charge in [-0.05, 0) is 85.5 Å². The molecule has 2 aliphatic rings. The first kappa shape index (κ1) is 23.3. The summed E-state index contributed by atoms with van der Waals surface area (Å²) < 4.78 is 28.4. The Kier molecular flexibility index (Phi) is 6.62. The summed E-state index contributed by atoms with van der Waals surface area (Å²) in [6.07, 6.45) is 2.79. The van der Waals surface area contributed by atoms with Crippen LogP contribution in [0.3, 0.4) is 0 Å². The molecule has 3 atom stereocenters. The fourth-order valence-corrected chi connectivity index (χ4v) is 6.13. The number of benzene rings is 3. The predicted octanol–water partition coefficient (Wildman–Crippen LogP) is 4.51. The van der Waals surface area contributed by atoms with Crippen molar-refractivity contribution in [3.63, 3.8) is 0 Å². The lowest BCUT2D eigenvalue weighted by atomic mass is 10.0. The molecule has 5 rings (SSSR count). The highest BCUT2D eigenvalue weighted by molar-refractivity contribution is 7.89. The lowest BCUT2D eigenvalue weighted by Crippen LogP contribution is -2.38. The van der Waals surface area contributed by atoms with Crippen molar-refractivity contribution in [1.29, 1.82) is 0 Å². The number of amides is 1. The molecule has 34 heavy (non-hydrogen) atoms. The zero-order valence-corrected chi connectivity index (χ0v) is 20.3. The molecule has 0 bridgehead atoms. The second-order valence-electron chi connectivity index (χ2n) is 9.25. The molecule has 0 spiro atoms. The Morgan fingerprint density at radius 2 is 1.94 bits per heavy atom. The third-order valence-corrected chi connectivity index (χ3v) is 8.53. The molecule has 0 unspecified atom stereocenters. The zero-order valence-electron chi connectivity index (χ0n) is 18.8. The number of piperidine rings is 1. The van der Waals surface area contributed by atoms with Gasteiger partial charge >= 0.3 is 0 Å². The van der Waals surface area contributed by atoms with Gasteiger partial charge in [0.05, 0.1) is 4.90 Å². The molecule has 6 nitrogen and oxygen atoms in total. The average molecular weight is 498 g/mol. The second-order valence-corrected chi connectivity index (χ2v) is 11.4. The van der Waals surface area contributed by atoms with Crippen LogP contribution < -0.4 is 15.4 Å². The number of hydrogen-bond donors (Lipinski definition) is 3. The van der Waals surface area contributed by atoms with E-state index in [9.17, 15) is 13.2 Å². The molecule has 178 valence electrons. The Labute approximate surface area is 205 Å². The summed E-state index contributed by atoms with van der Waals surface area (Å²) >= 11 is 6.29. The van der Waals surface area contributed by atoms with Crippen molar-refractivity contribution in [2.45, 2.75) is 30.1 Å². The molecule has 1 amide bonds. The topological polar surface area (TPSA) is 87.3 Å². The first-order valence-electron chi connectivity index (χ1n) is 11.7. The third-order valence-electron chi connectivity index (χ3n) is 6.78. The quantitative estimate of drug-likeness (QED) is 0.448. The number of sulfonamides is 1. The van der Waals surface area contributed by atoms with Crippen molar-refractivity contribution in [2.24, 2.45) is 11.8 Å². The van der Waals surface area contributed by atoms with E-state index in [0.717, 1.165) is 42.3 Å². The minimum atomic E-state index is -3.59. The van der Waals surface area contributed by atoms with Crippen LogP contribution >= 0.6 is 11.6 Å². The fraction of sp³-hybridized carbons (Fsp3) is 0.346. The molecule has 1 heterocycles. The molecular formula is C26H28ClN3O3S. The highest BCUT2D eigenvalue weighted by atomic mass is 35.5. The van der Waals surface area contributed by atoms with E-state index in [4.69, 9.17) is 11.6 Å². The van der Waals surface area contributed by atoms with Crippen LogP contribution in [0.15, 0.2) is 65.6 Å². The predicted molar refractivity (Wildman–Crippen MR) is 136 cm³/mol. The van der Waals surface area contributed by atoms with Gasteiger partial charge in [0, 0.05) is 28.6 Å². The summed E-state index contributed by atoms with van der Waals surface area (Å²) in [5.74, 6) is 0.0868. The van der Waals surface area contributed by atoms with E-state index in [1.807, 2.05) is 42.5 Å². The summed E-state index contributed by atoms with van der Waals surface area (Å²) in [5, 5.41) is 8.85. The van der Waals surface area contributed by atoms with Crippen LogP contribution in [0.2, 0.25) is 5.02 Å². The van der Waals surface area contributed by atoms with Crippen LogP contribution in [0.25, 0.3) is 10.8 Å². The summed E-state index contributed by atoms with van der Waals surface area (Å²) in [4.78, 5) is 13.1. The highest BCUT2D eigenvalue weighted by Gasteiger charge is 2.44. The number of halogens is 1. The first-order valence-corrected chi connectivity index (χ1v) is 13.6. The van der Waals surface area contributed by atoms with Gasteiger partial charge in [-0.2, -0.15) is 0 Å². The Bertz CT molecular complexity index is 1320. The van der Waals surface area contributed by atoms with Gasteiger partial charge in [0.15, 0.2) is 0 Å². The van der Waals surface area contributed by atoms with Crippen LogP contribution in [0, 0.1) is 11.8 Å². The smallest absolute Gasteiger partial charge is 0.240 e. The van der Waals surface area contributed by atoms with E-state index in [0.29, 0.717) is 29.6 Å². The molecule has 1 aliphatic heterocycles. The maximum atomic E-state index is 12.9. The number of anilines is 1. The Hall–Kier alpha value is -2.45. The third kappa shape index (κ3) is 5.13. The van der Waals surface area contributed by atoms with Gasteiger partial charge in [0.25, 0.3) is 0 Å². The number of carbonyl (C=O) groups excluding carboxylic acids is 1. The number of carbonyl (C=O) groups is 1. The Balaban J connectivity index is 1.23. The number of hydrogen-bond acceptors (Lipinski definition) is 4. The van der Waals surface area contributed by atoms with E-state index in [2.05, 4.69) is 15.4 Å². The molecule has 1 saturated heterocycles. The maximum absolute atomic E-state index is 12.9. The van der Waals surface area contributed by atoms with Crippen LogP contribution in [-0.2, 0) is 14.8 Å².